The fourth-order valence-corrected chi connectivity index (χ4v) is 2.95. The van der Waals surface area contributed by atoms with Crippen LogP contribution in [0, 0.1) is 11.6 Å². The van der Waals surface area contributed by atoms with Crippen LogP contribution in [0.1, 0.15) is 13.3 Å². The number of halogens is 3. The number of likely N-dealkylation sites (N-methyl/N-ethyl adjacent to an activating group) is 1. The quantitative estimate of drug-likeness (QED) is 0.564. The molecule has 3 rings (SSSR count). The summed E-state index contributed by atoms with van der Waals surface area (Å²) in [6, 6.07) is 13.7. The Hall–Kier alpha value is -3.12. The number of nitrogens with one attached hydrogen (secondary N) is 1. The molecule has 1 unspecified atom stereocenters. The third kappa shape index (κ3) is 9.05. The summed E-state index contributed by atoms with van der Waals surface area (Å²) in [7, 11) is 1.82. The SMILES string of the molecule is CN[C@H](C1=CCC=CC(F)=C1)C(C)N=CCOc1cccc(F)c1.Fc1ccccc1. The van der Waals surface area contributed by atoms with Crippen LogP contribution in [0.15, 0.2) is 95.3 Å². The number of hydrogen-bond donors (Lipinski definition) is 1. The van der Waals surface area contributed by atoms with Gasteiger partial charge in [-0.15, -0.1) is 0 Å². The lowest BCUT2D eigenvalue weighted by atomic mass is 9.99. The summed E-state index contributed by atoms with van der Waals surface area (Å²) in [6.07, 6.45) is 9.11. The fourth-order valence-electron chi connectivity index (χ4n) is 2.95. The van der Waals surface area contributed by atoms with Crippen LogP contribution in [0.25, 0.3) is 0 Å². The highest BCUT2D eigenvalue weighted by molar-refractivity contribution is 5.59. The highest BCUT2D eigenvalue weighted by Gasteiger charge is 2.18. The van der Waals surface area contributed by atoms with Crippen LogP contribution in [0.4, 0.5) is 13.2 Å². The molecule has 0 spiro atoms. The average molecular weight is 428 g/mol. The lowest BCUT2D eigenvalue weighted by Crippen LogP contribution is -2.36. The predicted octanol–water partition coefficient (Wildman–Crippen LogP) is 5.82. The van der Waals surface area contributed by atoms with Crippen LogP contribution in [-0.2, 0) is 0 Å². The summed E-state index contributed by atoms with van der Waals surface area (Å²) in [5.41, 5.74) is 0.871. The Balaban J connectivity index is 0.000000412. The highest BCUT2D eigenvalue weighted by Crippen LogP contribution is 2.18. The van der Waals surface area contributed by atoms with E-state index in [0.717, 1.165) is 5.57 Å². The maximum absolute atomic E-state index is 13.6. The molecule has 0 fully saturated rings. The molecule has 31 heavy (non-hydrogen) atoms. The molecule has 164 valence electrons. The molecule has 0 bridgehead atoms. The molecule has 0 amide bonds. The minimum absolute atomic E-state index is 0.0962. The van der Waals surface area contributed by atoms with Crippen LogP contribution in [0.3, 0.4) is 0 Å². The Bertz CT molecular complexity index is 923. The van der Waals surface area contributed by atoms with Crippen molar-refractivity contribution < 1.29 is 17.9 Å². The predicted molar refractivity (Wildman–Crippen MR) is 120 cm³/mol. The highest BCUT2D eigenvalue weighted by atomic mass is 19.1. The smallest absolute Gasteiger partial charge is 0.126 e. The summed E-state index contributed by atoms with van der Waals surface area (Å²) in [5.74, 6) is -0.315. The second-order valence-corrected chi connectivity index (χ2v) is 6.77. The molecule has 0 saturated carbocycles. The van der Waals surface area contributed by atoms with Crippen molar-refractivity contribution in [2.45, 2.75) is 25.4 Å². The van der Waals surface area contributed by atoms with Crippen LogP contribution in [0.2, 0.25) is 0 Å². The number of ether oxygens (including phenoxy) is 1. The molecule has 0 radical (unpaired) electrons. The van der Waals surface area contributed by atoms with Crippen molar-refractivity contribution in [3.05, 3.63) is 102 Å². The Morgan fingerprint density at radius 3 is 2.45 bits per heavy atom. The van der Waals surface area contributed by atoms with Gasteiger partial charge in [-0.2, -0.15) is 0 Å². The van der Waals surface area contributed by atoms with E-state index in [2.05, 4.69) is 10.3 Å². The van der Waals surface area contributed by atoms with E-state index in [1.807, 2.05) is 20.0 Å². The largest absolute Gasteiger partial charge is 0.488 e. The summed E-state index contributed by atoms with van der Waals surface area (Å²) in [5, 5.41) is 3.17. The van der Waals surface area contributed by atoms with E-state index >= 15 is 0 Å². The maximum atomic E-state index is 13.6. The van der Waals surface area contributed by atoms with Gasteiger partial charge in [0.25, 0.3) is 0 Å². The van der Waals surface area contributed by atoms with Gasteiger partial charge in [0.2, 0.25) is 0 Å². The normalized spacial score (nSPS) is 15.3. The molecule has 1 N–H and O–H groups in total. The summed E-state index contributed by atoms with van der Waals surface area (Å²) in [4.78, 5) is 4.44. The molecule has 6 heteroatoms. The summed E-state index contributed by atoms with van der Waals surface area (Å²) < 4.78 is 44.0. The van der Waals surface area contributed by atoms with E-state index < -0.39 is 0 Å². The van der Waals surface area contributed by atoms with Crippen molar-refractivity contribution in [3.8, 4) is 5.75 Å². The molecule has 0 aromatic heterocycles. The second kappa shape index (κ2) is 13.2. The fraction of sp³-hybridized carbons (Fsp3) is 0.240. The van der Waals surface area contributed by atoms with Gasteiger partial charge in [0, 0.05) is 12.3 Å². The maximum Gasteiger partial charge on any atom is 0.126 e. The molecule has 0 aliphatic heterocycles. The van der Waals surface area contributed by atoms with Crippen molar-refractivity contribution in [1.29, 1.82) is 0 Å². The van der Waals surface area contributed by atoms with E-state index in [-0.39, 0.29) is 36.2 Å². The zero-order valence-electron chi connectivity index (χ0n) is 17.6. The molecular formula is C25H27F3N2O. The number of aliphatic imine (C=N–C) groups is 1. The Morgan fingerprint density at radius 2 is 1.81 bits per heavy atom. The standard InChI is InChI=1S/C19H22F2N2O.C6H5F/c1-14(19(22-2)15-6-3-4-7-16(20)12-15)23-10-11-24-18-9-5-8-17(21)13-18;7-6-4-2-1-3-5-6/h4-10,12-14,19,22H,3,11H2,1-2H3;1-5H/t14?,19-;/m0./s1. The lowest BCUT2D eigenvalue weighted by molar-refractivity contribution is 0.376. The molecule has 1 aliphatic carbocycles. The van der Waals surface area contributed by atoms with E-state index in [1.165, 1.54) is 36.4 Å². The van der Waals surface area contributed by atoms with Gasteiger partial charge >= 0.3 is 0 Å². The molecule has 3 nitrogen and oxygen atoms in total. The first-order valence-corrected chi connectivity index (χ1v) is 10.0. The van der Waals surface area contributed by atoms with Gasteiger partial charge < -0.3 is 10.1 Å². The number of rotatable bonds is 7. The first-order chi connectivity index (χ1) is 15.0. The minimum atomic E-state index is -0.337. The van der Waals surface area contributed by atoms with Crippen molar-refractivity contribution in [2.24, 2.45) is 4.99 Å². The van der Waals surface area contributed by atoms with Gasteiger partial charge in [0.15, 0.2) is 0 Å². The molecule has 1 aliphatic rings. The number of allylic oxidation sites excluding steroid dienone is 4. The molecule has 2 aromatic carbocycles. The van der Waals surface area contributed by atoms with Gasteiger partial charge in [0.1, 0.15) is 29.8 Å². The van der Waals surface area contributed by atoms with E-state index in [0.29, 0.717) is 12.2 Å². The Labute approximate surface area is 181 Å². The monoisotopic (exact) mass is 428 g/mol. The van der Waals surface area contributed by atoms with Gasteiger partial charge in [-0.3, -0.25) is 4.99 Å². The molecule has 2 aromatic rings. The zero-order chi connectivity index (χ0) is 22.5. The van der Waals surface area contributed by atoms with Gasteiger partial charge in [-0.25, -0.2) is 13.2 Å². The van der Waals surface area contributed by atoms with Crippen LogP contribution in [0.5, 0.6) is 5.75 Å². The van der Waals surface area contributed by atoms with Gasteiger partial charge in [-0.05, 0) is 62.4 Å². The lowest BCUT2D eigenvalue weighted by Gasteiger charge is -2.22. The first kappa shape index (κ1) is 24.2. The number of nitrogens with zero attached hydrogens (tertiary/aromatic N) is 1. The first-order valence-electron chi connectivity index (χ1n) is 10.0. The van der Waals surface area contributed by atoms with Crippen molar-refractivity contribution in [3.63, 3.8) is 0 Å². The van der Waals surface area contributed by atoms with Crippen LogP contribution >= 0.6 is 0 Å². The van der Waals surface area contributed by atoms with Gasteiger partial charge in [0.05, 0.1) is 12.1 Å². The third-order valence-corrected chi connectivity index (χ3v) is 4.42. The second-order valence-electron chi connectivity index (χ2n) is 6.77. The van der Waals surface area contributed by atoms with E-state index in [1.54, 1.807) is 42.6 Å². The third-order valence-electron chi connectivity index (χ3n) is 4.42. The molecule has 2 atom stereocenters. The Morgan fingerprint density at radius 1 is 1.06 bits per heavy atom. The zero-order valence-corrected chi connectivity index (χ0v) is 17.6. The summed E-state index contributed by atoms with van der Waals surface area (Å²) >= 11 is 0. The molecule has 0 saturated heterocycles. The van der Waals surface area contributed by atoms with Crippen LogP contribution in [-0.4, -0.2) is 32.0 Å². The van der Waals surface area contributed by atoms with Crippen molar-refractivity contribution in [2.75, 3.05) is 13.7 Å². The topological polar surface area (TPSA) is 33.6 Å². The van der Waals surface area contributed by atoms with E-state index in [4.69, 9.17) is 4.74 Å². The molecular weight excluding hydrogens is 401 g/mol. The minimum Gasteiger partial charge on any atom is -0.488 e. The number of hydrogen-bond acceptors (Lipinski definition) is 3. The average Bonchev–Trinajstić information content (AvgIpc) is 2.97. The van der Waals surface area contributed by atoms with Crippen LogP contribution < -0.4 is 10.1 Å². The van der Waals surface area contributed by atoms with Crippen molar-refractivity contribution in [1.82, 2.24) is 5.32 Å². The summed E-state index contributed by atoms with van der Waals surface area (Å²) in [6.45, 7) is 2.19. The number of benzene rings is 2. The molecule has 0 heterocycles. The Kier molecular flexibility index (Phi) is 10.3. The van der Waals surface area contributed by atoms with Crippen molar-refractivity contribution >= 4 is 6.21 Å². The van der Waals surface area contributed by atoms with Gasteiger partial charge in [-0.1, -0.05) is 36.4 Å². The van der Waals surface area contributed by atoms with E-state index in [9.17, 15) is 13.2 Å².